The maximum atomic E-state index is 11.7. The third-order valence-electron chi connectivity index (χ3n) is 5.12. The summed E-state index contributed by atoms with van der Waals surface area (Å²) in [6.07, 6.45) is 0. The Morgan fingerprint density at radius 2 is 1.12 bits per heavy atom. The van der Waals surface area contributed by atoms with Crippen LogP contribution in [0.25, 0.3) is 0 Å². The molecule has 4 rings (SSSR count). The standard InChI is InChI=1S/C30H22O2/c1-32-29-20-18-28(19-21-29)30(31,27-14-6-3-7-15-27)23-22-26-13-9-8-12-25(26)17-16-24-10-4-2-5-11-24/h2-15,18-21,31H,1H3. The zero-order valence-electron chi connectivity index (χ0n) is 17.7. The first-order valence-electron chi connectivity index (χ1n) is 10.3. The highest BCUT2D eigenvalue weighted by atomic mass is 16.5. The van der Waals surface area contributed by atoms with Crippen molar-refractivity contribution < 1.29 is 9.84 Å². The first kappa shape index (κ1) is 21.0. The van der Waals surface area contributed by atoms with Crippen LogP contribution in [0.5, 0.6) is 5.75 Å². The highest BCUT2D eigenvalue weighted by Gasteiger charge is 2.29. The molecule has 0 bridgehead atoms. The maximum Gasteiger partial charge on any atom is 0.177 e. The average molecular weight is 415 g/mol. The summed E-state index contributed by atoms with van der Waals surface area (Å²) in [7, 11) is 1.62. The average Bonchev–Trinajstić information content (AvgIpc) is 2.87. The predicted octanol–water partition coefficient (Wildman–Crippen LogP) is 5.38. The van der Waals surface area contributed by atoms with E-state index < -0.39 is 5.60 Å². The molecule has 1 N–H and O–H groups in total. The van der Waals surface area contributed by atoms with Crippen LogP contribution in [0.3, 0.4) is 0 Å². The summed E-state index contributed by atoms with van der Waals surface area (Å²) in [6, 6.07) is 34.3. The number of aliphatic hydroxyl groups is 1. The highest BCUT2D eigenvalue weighted by molar-refractivity contribution is 5.55. The summed E-state index contributed by atoms with van der Waals surface area (Å²) in [6.45, 7) is 0. The normalized spacial score (nSPS) is 11.8. The van der Waals surface area contributed by atoms with Crippen LogP contribution in [-0.2, 0) is 5.60 Å². The number of hydrogen-bond donors (Lipinski definition) is 1. The highest BCUT2D eigenvalue weighted by Crippen LogP contribution is 2.30. The van der Waals surface area contributed by atoms with Crippen molar-refractivity contribution in [2.45, 2.75) is 5.60 Å². The molecule has 0 radical (unpaired) electrons. The van der Waals surface area contributed by atoms with Crippen molar-refractivity contribution in [3.8, 4) is 29.4 Å². The second-order valence-electron chi connectivity index (χ2n) is 7.22. The number of methoxy groups -OCH3 is 1. The number of benzene rings is 4. The fraction of sp³-hybridized carbons (Fsp3) is 0.0667. The SMILES string of the molecule is COc1ccc(C(O)(C#Cc2ccccc2C#Cc2ccccc2)c2ccccc2)cc1. The van der Waals surface area contributed by atoms with Gasteiger partial charge < -0.3 is 9.84 Å². The second-order valence-corrected chi connectivity index (χ2v) is 7.22. The molecule has 32 heavy (non-hydrogen) atoms. The molecule has 0 saturated carbocycles. The first-order valence-corrected chi connectivity index (χ1v) is 10.3. The van der Waals surface area contributed by atoms with Crippen molar-refractivity contribution in [2.24, 2.45) is 0 Å². The Balaban J connectivity index is 1.77. The lowest BCUT2D eigenvalue weighted by atomic mass is 9.86. The van der Waals surface area contributed by atoms with Gasteiger partial charge in [-0.05, 0) is 36.4 Å². The van der Waals surface area contributed by atoms with Crippen LogP contribution in [0.2, 0.25) is 0 Å². The van der Waals surface area contributed by atoms with E-state index in [1.807, 2.05) is 109 Å². The van der Waals surface area contributed by atoms with Gasteiger partial charge in [0.25, 0.3) is 0 Å². The van der Waals surface area contributed by atoms with E-state index in [1.165, 1.54) is 0 Å². The van der Waals surface area contributed by atoms with E-state index in [2.05, 4.69) is 23.7 Å². The van der Waals surface area contributed by atoms with E-state index in [9.17, 15) is 5.11 Å². The van der Waals surface area contributed by atoms with E-state index >= 15 is 0 Å². The quantitative estimate of drug-likeness (QED) is 0.456. The van der Waals surface area contributed by atoms with Crippen LogP contribution in [0, 0.1) is 23.7 Å². The van der Waals surface area contributed by atoms with E-state index in [0.29, 0.717) is 11.1 Å². The van der Waals surface area contributed by atoms with Crippen LogP contribution in [0.1, 0.15) is 27.8 Å². The molecule has 0 amide bonds. The lowest BCUT2D eigenvalue weighted by Crippen LogP contribution is -2.25. The van der Waals surface area contributed by atoms with Gasteiger partial charge >= 0.3 is 0 Å². The minimum Gasteiger partial charge on any atom is -0.497 e. The van der Waals surface area contributed by atoms with Gasteiger partial charge in [-0.2, -0.15) is 0 Å². The molecule has 0 saturated heterocycles. The summed E-state index contributed by atoms with van der Waals surface area (Å²) >= 11 is 0. The van der Waals surface area contributed by atoms with E-state index in [0.717, 1.165) is 22.4 Å². The van der Waals surface area contributed by atoms with Gasteiger partial charge in [0.2, 0.25) is 0 Å². The van der Waals surface area contributed by atoms with Gasteiger partial charge in [0, 0.05) is 27.8 Å². The van der Waals surface area contributed by atoms with Crippen molar-refractivity contribution in [1.82, 2.24) is 0 Å². The zero-order chi connectivity index (χ0) is 22.2. The summed E-state index contributed by atoms with van der Waals surface area (Å²) < 4.78 is 5.26. The Bertz CT molecular complexity index is 1300. The largest absolute Gasteiger partial charge is 0.497 e. The maximum absolute atomic E-state index is 11.7. The van der Waals surface area contributed by atoms with Crippen LogP contribution < -0.4 is 4.74 Å². The van der Waals surface area contributed by atoms with Gasteiger partial charge in [0.05, 0.1) is 7.11 Å². The van der Waals surface area contributed by atoms with Crippen LogP contribution in [0.4, 0.5) is 0 Å². The van der Waals surface area contributed by atoms with Gasteiger partial charge in [-0.1, -0.05) is 96.5 Å². The van der Waals surface area contributed by atoms with E-state index in [-0.39, 0.29) is 0 Å². The lowest BCUT2D eigenvalue weighted by Gasteiger charge is -2.23. The Labute approximate surface area is 189 Å². The molecule has 0 fully saturated rings. The van der Waals surface area contributed by atoms with E-state index in [4.69, 9.17) is 4.74 Å². The van der Waals surface area contributed by atoms with Crippen molar-refractivity contribution in [1.29, 1.82) is 0 Å². The molecule has 154 valence electrons. The number of hydrogen-bond acceptors (Lipinski definition) is 2. The Hall–Kier alpha value is -4.24. The van der Waals surface area contributed by atoms with Gasteiger partial charge in [-0.25, -0.2) is 0 Å². The molecule has 0 aliphatic carbocycles. The minimum absolute atomic E-state index is 0.671. The molecule has 2 nitrogen and oxygen atoms in total. The first-order chi connectivity index (χ1) is 15.7. The third-order valence-corrected chi connectivity index (χ3v) is 5.12. The zero-order valence-corrected chi connectivity index (χ0v) is 17.7. The van der Waals surface area contributed by atoms with Crippen LogP contribution in [-0.4, -0.2) is 12.2 Å². The minimum atomic E-state index is -1.48. The number of rotatable bonds is 3. The van der Waals surface area contributed by atoms with Crippen molar-refractivity contribution in [3.05, 3.63) is 137 Å². The second kappa shape index (κ2) is 9.71. The van der Waals surface area contributed by atoms with Gasteiger partial charge in [0.15, 0.2) is 5.60 Å². The van der Waals surface area contributed by atoms with Gasteiger partial charge in [-0.3, -0.25) is 0 Å². The molecule has 0 aliphatic rings. The molecular weight excluding hydrogens is 392 g/mol. The van der Waals surface area contributed by atoms with Gasteiger partial charge in [0.1, 0.15) is 5.75 Å². The third kappa shape index (κ3) is 4.73. The monoisotopic (exact) mass is 414 g/mol. The fourth-order valence-corrected chi connectivity index (χ4v) is 3.34. The molecule has 1 unspecified atom stereocenters. The molecule has 0 spiro atoms. The molecule has 0 aromatic heterocycles. The Morgan fingerprint density at radius 3 is 1.75 bits per heavy atom. The molecule has 0 heterocycles. The molecule has 4 aromatic rings. The molecule has 0 aliphatic heterocycles. The molecule has 4 aromatic carbocycles. The summed E-state index contributed by atoms with van der Waals surface area (Å²) in [4.78, 5) is 0. The van der Waals surface area contributed by atoms with Crippen molar-refractivity contribution in [2.75, 3.05) is 7.11 Å². The summed E-state index contributed by atoms with van der Waals surface area (Å²) in [5.41, 5.74) is 2.41. The van der Waals surface area contributed by atoms with E-state index in [1.54, 1.807) is 7.11 Å². The molecule has 1 atom stereocenters. The van der Waals surface area contributed by atoms with Crippen molar-refractivity contribution >= 4 is 0 Å². The molecular formula is C30H22O2. The molecule has 2 heteroatoms. The summed E-state index contributed by atoms with van der Waals surface area (Å²) in [5.74, 6) is 13.4. The Morgan fingerprint density at radius 1 is 0.594 bits per heavy atom. The number of ether oxygens (including phenoxy) is 1. The smallest absolute Gasteiger partial charge is 0.177 e. The van der Waals surface area contributed by atoms with Crippen molar-refractivity contribution in [3.63, 3.8) is 0 Å². The fourth-order valence-electron chi connectivity index (χ4n) is 3.34. The Kier molecular flexibility index (Phi) is 6.38. The lowest BCUT2D eigenvalue weighted by molar-refractivity contribution is 0.145. The van der Waals surface area contributed by atoms with Crippen LogP contribution in [0.15, 0.2) is 109 Å². The van der Waals surface area contributed by atoms with Crippen LogP contribution >= 0.6 is 0 Å². The van der Waals surface area contributed by atoms with Gasteiger partial charge in [-0.15, -0.1) is 0 Å². The summed E-state index contributed by atoms with van der Waals surface area (Å²) in [5, 5.41) is 11.7. The predicted molar refractivity (Wildman–Crippen MR) is 128 cm³/mol. The topological polar surface area (TPSA) is 29.5 Å².